The highest BCUT2D eigenvalue weighted by atomic mass is 32.1. The molecule has 2 N–H and O–H groups in total. The predicted molar refractivity (Wildman–Crippen MR) is 111 cm³/mol. The third-order valence-corrected chi connectivity index (χ3v) is 5.93. The van der Waals surface area contributed by atoms with Gasteiger partial charge in [0.15, 0.2) is 5.01 Å². The molecule has 1 aliphatic heterocycles. The Labute approximate surface area is 171 Å². The Morgan fingerprint density at radius 2 is 2.34 bits per heavy atom. The molecule has 0 aromatic carbocycles. The maximum atomic E-state index is 13.0. The first-order valence-electron chi connectivity index (χ1n) is 9.41. The van der Waals surface area contributed by atoms with Crippen LogP contribution in [0.15, 0.2) is 18.5 Å². The van der Waals surface area contributed by atoms with Gasteiger partial charge in [0.1, 0.15) is 17.3 Å². The summed E-state index contributed by atoms with van der Waals surface area (Å²) in [6.45, 7) is 2.76. The van der Waals surface area contributed by atoms with E-state index in [9.17, 15) is 9.18 Å². The quantitative estimate of drug-likeness (QED) is 0.629. The minimum Gasteiger partial charge on any atom is -0.379 e. The van der Waals surface area contributed by atoms with E-state index in [4.69, 9.17) is 6.42 Å². The van der Waals surface area contributed by atoms with Crippen molar-refractivity contribution in [2.75, 3.05) is 18.4 Å². The van der Waals surface area contributed by atoms with Crippen molar-refractivity contribution in [1.29, 1.82) is 0 Å². The lowest BCUT2D eigenvalue weighted by atomic mass is 9.95. The maximum Gasteiger partial charge on any atom is 0.234 e. The molecule has 1 aliphatic rings. The van der Waals surface area contributed by atoms with Crippen molar-refractivity contribution in [2.45, 2.75) is 32.5 Å². The Morgan fingerprint density at radius 1 is 1.48 bits per heavy atom. The van der Waals surface area contributed by atoms with Crippen LogP contribution in [-0.2, 0) is 11.5 Å². The summed E-state index contributed by atoms with van der Waals surface area (Å²) in [5.41, 5.74) is 2.38. The van der Waals surface area contributed by atoms with E-state index < -0.39 is 6.67 Å². The molecule has 4 rings (SSSR count). The van der Waals surface area contributed by atoms with Crippen molar-refractivity contribution < 1.29 is 9.18 Å². The Hall–Kier alpha value is -2.99. The molecule has 7 nitrogen and oxygen atoms in total. The molecule has 1 saturated heterocycles. The fourth-order valence-electron chi connectivity index (χ4n) is 3.81. The molecule has 3 aromatic rings. The second-order valence-corrected chi connectivity index (χ2v) is 8.35. The summed E-state index contributed by atoms with van der Waals surface area (Å²) in [6, 6.07) is 1.99. The van der Waals surface area contributed by atoms with Gasteiger partial charge >= 0.3 is 0 Å². The number of hydrogen-bond acceptors (Lipinski definition) is 6. The first-order chi connectivity index (χ1) is 14.1. The number of carbonyl (C=O) groups is 1. The number of rotatable bonds is 5. The number of anilines is 1. The number of aromatic nitrogens is 4. The lowest BCUT2D eigenvalue weighted by Crippen LogP contribution is -2.48. The zero-order valence-electron chi connectivity index (χ0n) is 16.0. The summed E-state index contributed by atoms with van der Waals surface area (Å²) in [6.07, 6.45) is 9.89. The number of likely N-dealkylation sites (tertiary alicyclic amines) is 1. The number of aromatic amines is 1. The van der Waals surface area contributed by atoms with Crippen LogP contribution in [0.25, 0.3) is 21.6 Å². The molecule has 9 heteroatoms. The van der Waals surface area contributed by atoms with Crippen molar-refractivity contribution in [1.82, 2.24) is 25.1 Å². The molecular formula is C20H21FN6OS. The predicted octanol–water partition coefficient (Wildman–Crippen LogP) is 3.22. The van der Waals surface area contributed by atoms with Crippen LogP contribution in [0.5, 0.6) is 0 Å². The molecule has 0 saturated carbocycles. The van der Waals surface area contributed by atoms with Gasteiger partial charge in [0, 0.05) is 36.9 Å². The summed E-state index contributed by atoms with van der Waals surface area (Å²) < 4.78 is 13.0. The molecule has 0 unspecified atom stereocenters. The van der Waals surface area contributed by atoms with Gasteiger partial charge in [-0.3, -0.25) is 4.79 Å². The second kappa shape index (κ2) is 8.17. The number of piperidine rings is 1. The minimum atomic E-state index is -0.646. The van der Waals surface area contributed by atoms with Gasteiger partial charge in [0.05, 0.1) is 17.7 Å². The lowest BCUT2D eigenvalue weighted by Gasteiger charge is -2.37. The summed E-state index contributed by atoms with van der Waals surface area (Å²) in [5, 5.41) is 13.5. The second-order valence-electron chi connectivity index (χ2n) is 7.28. The molecule has 0 bridgehead atoms. The van der Waals surface area contributed by atoms with Gasteiger partial charge in [0.2, 0.25) is 5.91 Å². The van der Waals surface area contributed by atoms with Crippen molar-refractivity contribution >= 4 is 34.0 Å². The number of pyridine rings is 1. The zero-order valence-corrected chi connectivity index (χ0v) is 16.8. The average molecular weight is 412 g/mol. The zero-order chi connectivity index (χ0) is 20.4. The molecule has 29 heavy (non-hydrogen) atoms. The van der Waals surface area contributed by atoms with Crippen LogP contribution in [0.3, 0.4) is 0 Å². The van der Waals surface area contributed by atoms with E-state index in [0.717, 1.165) is 28.7 Å². The van der Waals surface area contributed by atoms with E-state index in [1.807, 2.05) is 17.2 Å². The number of halogens is 1. The number of alkyl halides is 1. The van der Waals surface area contributed by atoms with Crippen LogP contribution in [0.4, 0.5) is 10.1 Å². The van der Waals surface area contributed by atoms with E-state index in [1.165, 1.54) is 11.3 Å². The number of nitrogens with zero attached hydrogens (tertiary/aromatic N) is 4. The number of amides is 1. The van der Waals surface area contributed by atoms with Gasteiger partial charge < -0.3 is 15.2 Å². The average Bonchev–Trinajstić information content (AvgIpc) is 3.37. The maximum absolute atomic E-state index is 13.0. The number of nitrogens with one attached hydrogen (secondary N) is 2. The molecule has 0 aliphatic carbocycles. The van der Waals surface area contributed by atoms with Crippen molar-refractivity contribution in [3.8, 4) is 22.9 Å². The van der Waals surface area contributed by atoms with Crippen LogP contribution in [0.1, 0.15) is 24.8 Å². The molecule has 2 atom stereocenters. The fraction of sp³-hybridized carbons (Fsp3) is 0.400. The standard InChI is InChI=1S/C20H21FN6OS/c1-3-4-17(28)27-10-12(2)7-13(11-27)24-18-14-5-6-22-19(14)23-9-15(18)20-26-25-16(8-21)29-20/h1,5-6,9,12-13H,4,7-8,10-11H2,2H3,(H2,22,23,24)/t12-,13+/m0/s1. The summed E-state index contributed by atoms with van der Waals surface area (Å²) >= 11 is 1.21. The highest BCUT2D eigenvalue weighted by molar-refractivity contribution is 7.14. The van der Waals surface area contributed by atoms with Gasteiger partial charge in [-0.2, -0.15) is 0 Å². The Morgan fingerprint density at radius 3 is 3.10 bits per heavy atom. The monoisotopic (exact) mass is 412 g/mol. The van der Waals surface area contributed by atoms with Crippen LogP contribution in [0, 0.1) is 18.3 Å². The van der Waals surface area contributed by atoms with Crippen LogP contribution in [-0.4, -0.2) is 50.1 Å². The van der Waals surface area contributed by atoms with Gasteiger partial charge in [-0.25, -0.2) is 9.37 Å². The van der Waals surface area contributed by atoms with Gasteiger partial charge in [-0.05, 0) is 18.4 Å². The summed E-state index contributed by atoms with van der Waals surface area (Å²) in [5.74, 6) is 2.75. The first kappa shape index (κ1) is 19.3. The number of H-pyrrole nitrogens is 1. The van der Waals surface area contributed by atoms with Crippen LogP contribution >= 0.6 is 11.3 Å². The number of carbonyl (C=O) groups excluding carboxylic acids is 1. The molecule has 4 heterocycles. The van der Waals surface area contributed by atoms with Gasteiger partial charge in [-0.15, -0.1) is 16.6 Å². The Bertz CT molecular complexity index is 1070. The molecule has 3 aromatic heterocycles. The van der Waals surface area contributed by atoms with Gasteiger partial charge in [-0.1, -0.05) is 24.2 Å². The van der Waals surface area contributed by atoms with E-state index in [-0.39, 0.29) is 18.4 Å². The third-order valence-electron chi connectivity index (χ3n) is 5.01. The van der Waals surface area contributed by atoms with Crippen LogP contribution in [0.2, 0.25) is 0 Å². The molecule has 0 spiro atoms. The number of fused-ring (bicyclic) bond motifs is 1. The molecule has 1 fully saturated rings. The third kappa shape index (κ3) is 3.93. The van der Waals surface area contributed by atoms with E-state index in [0.29, 0.717) is 29.0 Å². The van der Waals surface area contributed by atoms with E-state index in [2.05, 4.69) is 38.3 Å². The van der Waals surface area contributed by atoms with Gasteiger partial charge in [0.25, 0.3) is 0 Å². The van der Waals surface area contributed by atoms with Crippen molar-refractivity contribution in [3.63, 3.8) is 0 Å². The summed E-state index contributed by atoms with van der Waals surface area (Å²) in [4.78, 5) is 21.7. The van der Waals surface area contributed by atoms with E-state index >= 15 is 0 Å². The summed E-state index contributed by atoms with van der Waals surface area (Å²) in [7, 11) is 0. The number of terminal acetylenes is 1. The molecule has 1 amide bonds. The van der Waals surface area contributed by atoms with Crippen LogP contribution < -0.4 is 5.32 Å². The molecule has 150 valence electrons. The highest BCUT2D eigenvalue weighted by Gasteiger charge is 2.28. The fourth-order valence-corrected chi connectivity index (χ4v) is 4.51. The SMILES string of the molecule is C#CCC(=O)N1C[C@@H](C)C[C@@H](Nc2c(-c3nnc(CF)s3)cnc3[nH]ccc23)C1. The normalized spacial score (nSPS) is 19.3. The Balaban J connectivity index is 1.67. The molecular weight excluding hydrogens is 391 g/mol. The lowest BCUT2D eigenvalue weighted by molar-refractivity contribution is -0.131. The Kier molecular flexibility index (Phi) is 5.45. The first-order valence-corrected chi connectivity index (χ1v) is 10.2. The largest absolute Gasteiger partial charge is 0.379 e. The minimum absolute atomic E-state index is 0.0238. The van der Waals surface area contributed by atoms with Crippen molar-refractivity contribution in [3.05, 3.63) is 23.5 Å². The molecule has 0 radical (unpaired) electrons. The number of hydrogen-bond donors (Lipinski definition) is 2. The van der Waals surface area contributed by atoms with E-state index in [1.54, 1.807) is 6.20 Å². The topological polar surface area (TPSA) is 86.8 Å². The van der Waals surface area contributed by atoms with Crippen molar-refractivity contribution in [2.24, 2.45) is 5.92 Å². The highest BCUT2D eigenvalue weighted by Crippen LogP contribution is 2.36. The smallest absolute Gasteiger partial charge is 0.234 e.